The molecule has 0 saturated heterocycles. The highest BCUT2D eigenvalue weighted by molar-refractivity contribution is 6.18. The van der Waals surface area contributed by atoms with Gasteiger partial charge in [0.05, 0.1) is 0 Å². The van der Waals surface area contributed by atoms with Gasteiger partial charge in [0.25, 0.3) is 0 Å². The third kappa shape index (κ3) is 160. The standard InChI is InChI=1S/C3H9N.C2H6ClN.ClH/c1-4(2)3;3-1-2-4;/h1-3H3;1-2,4H2;1H. The van der Waals surface area contributed by atoms with Crippen LogP contribution < -0.4 is 5.73 Å². The third-order valence-electron chi connectivity index (χ3n) is 0.109. The van der Waals surface area contributed by atoms with Gasteiger partial charge in [-0.1, -0.05) is 0 Å². The first-order valence-corrected chi connectivity index (χ1v) is 3.05. The molecule has 0 rings (SSSR count). The minimum Gasteiger partial charge on any atom is -0.329 e. The Hall–Kier alpha value is 0.500. The van der Waals surface area contributed by atoms with Crippen molar-refractivity contribution in [2.45, 2.75) is 0 Å². The van der Waals surface area contributed by atoms with E-state index in [2.05, 4.69) is 0 Å². The minimum atomic E-state index is 0. The van der Waals surface area contributed by atoms with Crippen LogP contribution in [0.25, 0.3) is 0 Å². The summed E-state index contributed by atoms with van der Waals surface area (Å²) >= 11 is 5.06. The number of hydrogen-bond donors (Lipinski definition) is 1. The predicted octanol–water partition coefficient (Wildman–Crippen LogP) is 0.784. The van der Waals surface area contributed by atoms with Gasteiger partial charge in [-0.15, -0.1) is 24.0 Å². The summed E-state index contributed by atoms with van der Waals surface area (Å²) in [5.74, 6) is 0.569. The van der Waals surface area contributed by atoms with Crippen LogP contribution in [0.3, 0.4) is 0 Å². The summed E-state index contributed by atoms with van der Waals surface area (Å²) in [6.07, 6.45) is 0. The van der Waals surface area contributed by atoms with Crippen LogP contribution in [0.5, 0.6) is 0 Å². The summed E-state index contributed by atoms with van der Waals surface area (Å²) in [6.45, 7) is 0.585. The van der Waals surface area contributed by atoms with E-state index in [9.17, 15) is 0 Å². The summed E-state index contributed by atoms with van der Waals surface area (Å²) in [5.41, 5.74) is 4.90. The zero-order chi connectivity index (χ0) is 6.99. The molecule has 0 fully saturated rings. The number of hydrogen-bond acceptors (Lipinski definition) is 2. The van der Waals surface area contributed by atoms with E-state index in [1.54, 1.807) is 0 Å². The second-order valence-corrected chi connectivity index (χ2v) is 2.20. The smallest absolute Gasteiger partial charge is 0.0346 e. The number of nitrogens with two attached hydrogens (primary N) is 1. The predicted molar refractivity (Wildman–Crippen MR) is 46.6 cm³/mol. The van der Waals surface area contributed by atoms with E-state index < -0.39 is 0 Å². The molecule has 9 heavy (non-hydrogen) atoms. The SMILES string of the molecule is CN(C)C.Cl.NCCCl. The van der Waals surface area contributed by atoms with Crippen LogP contribution in [-0.4, -0.2) is 38.5 Å². The van der Waals surface area contributed by atoms with Crippen LogP contribution in [0.1, 0.15) is 0 Å². The maximum atomic E-state index is 5.06. The van der Waals surface area contributed by atoms with Crippen molar-refractivity contribution in [3.8, 4) is 0 Å². The Kier molecular flexibility index (Phi) is 28.5. The quantitative estimate of drug-likeness (QED) is 0.597. The average molecular weight is 175 g/mol. The molecule has 0 aromatic heterocycles. The Morgan fingerprint density at radius 1 is 1.33 bits per heavy atom. The first-order valence-electron chi connectivity index (χ1n) is 2.52. The molecule has 0 aliphatic carbocycles. The zero-order valence-electron chi connectivity index (χ0n) is 6.22. The first-order chi connectivity index (χ1) is 3.65. The summed E-state index contributed by atoms with van der Waals surface area (Å²) in [6, 6.07) is 0. The molecule has 2 N–H and O–H groups in total. The number of rotatable bonds is 1. The number of alkyl halides is 1. The van der Waals surface area contributed by atoms with Crippen molar-refractivity contribution >= 4 is 24.0 Å². The van der Waals surface area contributed by atoms with Crippen molar-refractivity contribution in [1.82, 2.24) is 4.90 Å². The van der Waals surface area contributed by atoms with E-state index in [0.29, 0.717) is 12.4 Å². The molecular formula is C5H16Cl2N2. The van der Waals surface area contributed by atoms with Crippen molar-refractivity contribution in [3.05, 3.63) is 0 Å². The Bertz CT molecular complexity index is 29.4. The Balaban J connectivity index is -0.0000000720. The molecular weight excluding hydrogens is 159 g/mol. The fourth-order valence-electron chi connectivity index (χ4n) is 0. The number of halogens is 2. The Morgan fingerprint density at radius 2 is 1.44 bits per heavy atom. The topological polar surface area (TPSA) is 29.3 Å². The lowest BCUT2D eigenvalue weighted by Gasteiger charge is -1.90. The van der Waals surface area contributed by atoms with Crippen LogP contribution in [0, 0.1) is 0 Å². The lowest BCUT2D eigenvalue weighted by atomic mass is 10.8. The van der Waals surface area contributed by atoms with Crippen molar-refractivity contribution in [2.24, 2.45) is 5.73 Å². The van der Waals surface area contributed by atoms with Crippen molar-refractivity contribution in [1.29, 1.82) is 0 Å². The molecule has 0 unspecified atom stereocenters. The highest BCUT2D eigenvalue weighted by Crippen LogP contribution is 1.60. The van der Waals surface area contributed by atoms with Gasteiger partial charge in [-0.25, -0.2) is 0 Å². The molecule has 60 valence electrons. The first kappa shape index (κ1) is 16.2. The molecule has 0 aliphatic rings. The van der Waals surface area contributed by atoms with Gasteiger partial charge < -0.3 is 10.6 Å². The van der Waals surface area contributed by atoms with Crippen LogP contribution in [0.4, 0.5) is 0 Å². The van der Waals surface area contributed by atoms with Gasteiger partial charge in [0, 0.05) is 12.4 Å². The van der Waals surface area contributed by atoms with E-state index in [1.165, 1.54) is 0 Å². The fraction of sp³-hybridized carbons (Fsp3) is 1.00. The van der Waals surface area contributed by atoms with Crippen LogP contribution in [0.15, 0.2) is 0 Å². The largest absolute Gasteiger partial charge is 0.329 e. The summed E-state index contributed by atoms with van der Waals surface area (Å²) in [7, 11) is 6.00. The second kappa shape index (κ2) is 15.8. The highest BCUT2D eigenvalue weighted by Gasteiger charge is 1.58. The maximum Gasteiger partial charge on any atom is 0.0346 e. The lowest BCUT2D eigenvalue weighted by molar-refractivity contribution is 0.505. The van der Waals surface area contributed by atoms with Gasteiger partial charge in [-0.3, -0.25) is 0 Å². The molecule has 0 amide bonds. The molecule has 0 radical (unpaired) electrons. The summed E-state index contributed by atoms with van der Waals surface area (Å²) < 4.78 is 0. The normalized spacial score (nSPS) is 7.33. The van der Waals surface area contributed by atoms with E-state index in [0.717, 1.165) is 0 Å². The van der Waals surface area contributed by atoms with Crippen LogP contribution in [-0.2, 0) is 0 Å². The Labute approximate surface area is 68.8 Å². The molecule has 0 atom stereocenters. The van der Waals surface area contributed by atoms with Crippen molar-refractivity contribution in [3.63, 3.8) is 0 Å². The van der Waals surface area contributed by atoms with E-state index in [1.807, 2.05) is 26.0 Å². The minimum absolute atomic E-state index is 0. The molecule has 0 aliphatic heterocycles. The fourth-order valence-corrected chi connectivity index (χ4v) is 0. The second-order valence-electron chi connectivity index (χ2n) is 1.82. The zero-order valence-corrected chi connectivity index (χ0v) is 7.80. The maximum absolute atomic E-state index is 5.06. The van der Waals surface area contributed by atoms with Crippen molar-refractivity contribution < 1.29 is 0 Å². The van der Waals surface area contributed by atoms with Gasteiger partial charge in [0.2, 0.25) is 0 Å². The van der Waals surface area contributed by atoms with E-state index in [-0.39, 0.29) is 12.4 Å². The molecule has 2 nitrogen and oxygen atoms in total. The van der Waals surface area contributed by atoms with E-state index >= 15 is 0 Å². The highest BCUT2D eigenvalue weighted by atomic mass is 35.5. The number of nitrogens with zero attached hydrogens (tertiary/aromatic N) is 1. The summed E-state index contributed by atoms with van der Waals surface area (Å²) in [5, 5.41) is 0. The lowest BCUT2D eigenvalue weighted by Crippen LogP contribution is -1.99. The molecule has 0 saturated carbocycles. The Morgan fingerprint density at radius 3 is 1.44 bits per heavy atom. The molecule has 0 aromatic rings. The van der Waals surface area contributed by atoms with Crippen molar-refractivity contribution in [2.75, 3.05) is 33.6 Å². The van der Waals surface area contributed by atoms with Gasteiger partial charge >= 0.3 is 0 Å². The van der Waals surface area contributed by atoms with Gasteiger partial charge in [0.15, 0.2) is 0 Å². The van der Waals surface area contributed by atoms with Gasteiger partial charge in [0.1, 0.15) is 0 Å². The third-order valence-corrected chi connectivity index (χ3v) is 0.327. The van der Waals surface area contributed by atoms with Crippen LogP contribution >= 0.6 is 24.0 Å². The molecule has 0 bridgehead atoms. The summed E-state index contributed by atoms with van der Waals surface area (Å²) in [4.78, 5) is 2.00. The van der Waals surface area contributed by atoms with Gasteiger partial charge in [-0.05, 0) is 21.1 Å². The molecule has 4 heteroatoms. The monoisotopic (exact) mass is 174 g/mol. The molecule has 0 spiro atoms. The molecule has 0 aromatic carbocycles. The van der Waals surface area contributed by atoms with E-state index in [4.69, 9.17) is 17.3 Å². The van der Waals surface area contributed by atoms with Crippen LogP contribution in [0.2, 0.25) is 0 Å². The average Bonchev–Trinajstić information content (AvgIpc) is 1.65. The van der Waals surface area contributed by atoms with Gasteiger partial charge in [-0.2, -0.15) is 0 Å². The molecule has 0 heterocycles.